The van der Waals surface area contributed by atoms with Crippen molar-refractivity contribution in [1.29, 1.82) is 0 Å². The number of carbonyl (C=O) groups is 2. The summed E-state index contributed by atoms with van der Waals surface area (Å²) in [5.74, 6) is 0.295. The number of amides is 2. The Kier molecular flexibility index (Phi) is 6.61. The number of rotatable bonds is 8. The average Bonchev–Trinajstić information content (AvgIpc) is 3.64. The quantitative estimate of drug-likeness (QED) is 0.417. The molecule has 1 saturated carbocycles. The van der Waals surface area contributed by atoms with Gasteiger partial charge >= 0.3 is 0 Å². The van der Waals surface area contributed by atoms with E-state index in [1.165, 1.54) is 0 Å². The molecule has 1 atom stereocenters. The molecule has 1 unspecified atom stereocenters. The SMILES string of the molecule is Cc1ccccc1C(C(=O)NCc1ccco1)N(C(=O)Cn1nnc2ccccc21)C1CCCC1. The van der Waals surface area contributed by atoms with Gasteiger partial charge in [0.15, 0.2) is 0 Å². The lowest BCUT2D eigenvalue weighted by Gasteiger charge is -2.36. The number of para-hydroxylation sites is 1. The summed E-state index contributed by atoms with van der Waals surface area (Å²) in [5.41, 5.74) is 3.32. The highest BCUT2D eigenvalue weighted by atomic mass is 16.3. The summed E-state index contributed by atoms with van der Waals surface area (Å²) in [7, 11) is 0. The fourth-order valence-electron chi connectivity index (χ4n) is 4.98. The Morgan fingerprint density at radius 1 is 1.09 bits per heavy atom. The first-order valence-corrected chi connectivity index (χ1v) is 12.1. The molecule has 1 aliphatic rings. The van der Waals surface area contributed by atoms with Crippen molar-refractivity contribution < 1.29 is 14.0 Å². The van der Waals surface area contributed by atoms with E-state index in [-0.39, 0.29) is 30.9 Å². The predicted octanol–water partition coefficient (Wildman–Crippen LogP) is 4.16. The van der Waals surface area contributed by atoms with Crippen molar-refractivity contribution in [2.75, 3.05) is 0 Å². The molecule has 2 aromatic heterocycles. The van der Waals surface area contributed by atoms with E-state index in [1.54, 1.807) is 21.9 Å². The second-order valence-corrected chi connectivity index (χ2v) is 9.03. The zero-order chi connectivity index (χ0) is 24.2. The van der Waals surface area contributed by atoms with Crippen molar-refractivity contribution in [3.8, 4) is 0 Å². The molecule has 1 fully saturated rings. The Bertz CT molecular complexity index is 1310. The Morgan fingerprint density at radius 3 is 2.63 bits per heavy atom. The van der Waals surface area contributed by atoms with Gasteiger partial charge in [0.1, 0.15) is 23.9 Å². The minimum Gasteiger partial charge on any atom is -0.467 e. The van der Waals surface area contributed by atoms with E-state index < -0.39 is 6.04 Å². The van der Waals surface area contributed by atoms with Crippen LogP contribution in [0.25, 0.3) is 11.0 Å². The molecule has 0 saturated heterocycles. The van der Waals surface area contributed by atoms with E-state index in [0.29, 0.717) is 5.76 Å². The number of hydrogen-bond donors (Lipinski definition) is 1. The highest BCUT2D eigenvalue weighted by Crippen LogP contribution is 2.33. The summed E-state index contributed by atoms with van der Waals surface area (Å²) >= 11 is 0. The summed E-state index contributed by atoms with van der Waals surface area (Å²) in [6.07, 6.45) is 5.40. The van der Waals surface area contributed by atoms with Crippen LogP contribution in [-0.2, 0) is 22.7 Å². The van der Waals surface area contributed by atoms with Crippen molar-refractivity contribution >= 4 is 22.8 Å². The molecule has 4 aromatic rings. The molecule has 8 nitrogen and oxygen atoms in total. The highest BCUT2D eigenvalue weighted by Gasteiger charge is 2.38. The first-order chi connectivity index (χ1) is 17.1. The number of aromatic nitrogens is 3. The lowest BCUT2D eigenvalue weighted by Crippen LogP contribution is -2.49. The lowest BCUT2D eigenvalue weighted by atomic mass is 9.97. The van der Waals surface area contributed by atoms with Crippen LogP contribution in [0.1, 0.15) is 48.6 Å². The van der Waals surface area contributed by atoms with Crippen LogP contribution in [0.4, 0.5) is 0 Å². The van der Waals surface area contributed by atoms with Gasteiger partial charge in [-0.2, -0.15) is 0 Å². The maximum absolute atomic E-state index is 13.9. The van der Waals surface area contributed by atoms with E-state index in [0.717, 1.165) is 47.8 Å². The molecule has 180 valence electrons. The van der Waals surface area contributed by atoms with Crippen molar-refractivity contribution in [1.82, 2.24) is 25.2 Å². The van der Waals surface area contributed by atoms with E-state index in [1.807, 2.05) is 61.5 Å². The van der Waals surface area contributed by atoms with Gasteiger partial charge in [0.25, 0.3) is 0 Å². The van der Waals surface area contributed by atoms with Crippen LogP contribution in [0.15, 0.2) is 71.3 Å². The first-order valence-electron chi connectivity index (χ1n) is 12.1. The number of carbonyl (C=O) groups excluding carboxylic acids is 2. The molecular weight excluding hydrogens is 442 g/mol. The van der Waals surface area contributed by atoms with Gasteiger partial charge in [-0.1, -0.05) is 54.5 Å². The fraction of sp³-hybridized carbons (Fsp3) is 0.333. The molecule has 1 N–H and O–H groups in total. The number of aryl methyl sites for hydroxylation is 1. The third kappa shape index (κ3) is 4.82. The van der Waals surface area contributed by atoms with Gasteiger partial charge in [-0.3, -0.25) is 9.59 Å². The topological polar surface area (TPSA) is 93.3 Å². The van der Waals surface area contributed by atoms with Crippen LogP contribution in [0, 0.1) is 6.92 Å². The van der Waals surface area contributed by atoms with Crippen LogP contribution in [-0.4, -0.2) is 37.7 Å². The molecule has 2 heterocycles. The normalized spacial score (nSPS) is 14.8. The van der Waals surface area contributed by atoms with Crippen LogP contribution in [0.3, 0.4) is 0 Å². The maximum atomic E-state index is 13.9. The van der Waals surface area contributed by atoms with Crippen LogP contribution in [0.5, 0.6) is 0 Å². The number of nitrogens with zero attached hydrogens (tertiary/aromatic N) is 4. The Balaban J connectivity index is 1.50. The Labute approximate surface area is 203 Å². The predicted molar refractivity (Wildman–Crippen MR) is 131 cm³/mol. The maximum Gasteiger partial charge on any atom is 0.247 e. The number of benzene rings is 2. The highest BCUT2D eigenvalue weighted by molar-refractivity contribution is 5.89. The van der Waals surface area contributed by atoms with Gasteiger partial charge in [0.2, 0.25) is 11.8 Å². The lowest BCUT2D eigenvalue weighted by molar-refractivity contribution is -0.144. The minimum atomic E-state index is -0.753. The van der Waals surface area contributed by atoms with Crippen molar-refractivity contribution in [2.24, 2.45) is 0 Å². The second kappa shape index (κ2) is 10.1. The zero-order valence-electron chi connectivity index (χ0n) is 19.8. The summed E-state index contributed by atoms with van der Waals surface area (Å²) in [6.45, 7) is 2.25. The van der Waals surface area contributed by atoms with Crippen LogP contribution in [0.2, 0.25) is 0 Å². The van der Waals surface area contributed by atoms with Gasteiger partial charge < -0.3 is 14.6 Å². The Morgan fingerprint density at radius 2 is 1.86 bits per heavy atom. The third-order valence-electron chi connectivity index (χ3n) is 6.74. The van der Waals surface area contributed by atoms with Crippen molar-refractivity contribution in [3.63, 3.8) is 0 Å². The summed E-state index contributed by atoms with van der Waals surface area (Å²) < 4.78 is 7.02. The first kappa shape index (κ1) is 22.8. The fourth-order valence-corrected chi connectivity index (χ4v) is 4.98. The molecule has 8 heteroatoms. The smallest absolute Gasteiger partial charge is 0.247 e. The van der Waals surface area contributed by atoms with Gasteiger partial charge in [0, 0.05) is 6.04 Å². The molecule has 2 aromatic carbocycles. The molecule has 0 spiro atoms. The van der Waals surface area contributed by atoms with E-state index >= 15 is 0 Å². The number of fused-ring (bicyclic) bond motifs is 1. The van der Waals surface area contributed by atoms with Gasteiger partial charge in [-0.25, -0.2) is 4.68 Å². The molecule has 0 aliphatic heterocycles. The second-order valence-electron chi connectivity index (χ2n) is 9.03. The number of nitrogens with one attached hydrogen (secondary N) is 1. The van der Waals surface area contributed by atoms with E-state index in [9.17, 15) is 9.59 Å². The van der Waals surface area contributed by atoms with Gasteiger partial charge in [-0.05, 0) is 55.2 Å². The monoisotopic (exact) mass is 471 g/mol. The van der Waals surface area contributed by atoms with Crippen molar-refractivity contribution in [3.05, 3.63) is 83.8 Å². The van der Waals surface area contributed by atoms with Crippen LogP contribution >= 0.6 is 0 Å². The van der Waals surface area contributed by atoms with Crippen molar-refractivity contribution in [2.45, 2.75) is 57.8 Å². The molecule has 5 rings (SSSR count). The molecule has 0 radical (unpaired) electrons. The number of hydrogen-bond acceptors (Lipinski definition) is 5. The van der Waals surface area contributed by atoms with E-state index in [2.05, 4.69) is 15.6 Å². The summed E-state index contributed by atoms with van der Waals surface area (Å²) in [5, 5.41) is 11.4. The summed E-state index contributed by atoms with van der Waals surface area (Å²) in [4.78, 5) is 29.5. The third-order valence-corrected chi connectivity index (χ3v) is 6.74. The van der Waals surface area contributed by atoms with E-state index in [4.69, 9.17) is 4.42 Å². The zero-order valence-corrected chi connectivity index (χ0v) is 19.8. The molecule has 2 amide bonds. The van der Waals surface area contributed by atoms with Crippen LogP contribution < -0.4 is 5.32 Å². The average molecular weight is 472 g/mol. The minimum absolute atomic E-state index is 0.0174. The molecule has 0 bridgehead atoms. The van der Waals surface area contributed by atoms with Gasteiger partial charge in [-0.15, -0.1) is 5.10 Å². The largest absolute Gasteiger partial charge is 0.467 e. The molecular formula is C27H29N5O3. The van der Waals surface area contributed by atoms with Gasteiger partial charge in [0.05, 0.1) is 18.3 Å². The summed E-state index contributed by atoms with van der Waals surface area (Å²) in [6, 6.07) is 18.2. The molecule has 35 heavy (non-hydrogen) atoms. The Hall–Kier alpha value is -3.94. The number of furan rings is 1. The standard InChI is InChI=1S/C27H29N5O3/c1-19-9-2-5-13-22(19)26(27(34)28-17-21-12-8-16-35-21)32(20-10-3-4-11-20)25(33)18-31-24-15-7-6-14-23(24)29-30-31/h2,5-9,12-16,20,26H,3-4,10-11,17-18H2,1H3,(H,28,34). The molecule has 1 aliphatic carbocycles.